The molecule has 4 N–H and O–H groups in total. The fourth-order valence-corrected chi connectivity index (χ4v) is 1.20. The van der Waals surface area contributed by atoms with Gasteiger partial charge in [-0.05, 0) is 13.8 Å². The fraction of sp³-hybridized carbons (Fsp3) is 0.700. The topological polar surface area (TPSA) is 113 Å². The molecule has 0 aromatic rings. The summed E-state index contributed by atoms with van der Waals surface area (Å²) in [6.07, 6.45) is -0.0436. The Hall–Kier alpha value is -1.79. The molecule has 0 saturated carbocycles. The van der Waals surface area contributed by atoms with E-state index in [9.17, 15) is 14.4 Å². The van der Waals surface area contributed by atoms with Gasteiger partial charge in [0.1, 0.15) is 0 Å². The number of amides is 3. The second kappa shape index (κ2) is 7.48. The van der Waals surface area contributed by atoms with Gasteiger partial charge < -0.3 is 21.1 Å². The number of aliphatic carboxylic acids is 1. The molecule has 0 unspecified atom stereocenters. The van der Waals surface area contributed by atoms with E-state index in [2.05, 4.69) is 5.32 Å². The van der Waals surface area contributed by atoms with Crippen molar-refractivity contribution in [3.05, 3.63) is 0 Å². The van der Waals surface area contributed by atoms with Gasteiger partial charge in [-0.2, -0.15) is 0 Å². The van der Waals surface area contributed by atoms with Crippen molar-refractivity contribution in [2.24, 2.45) is 5.73 Å². The van der Waals surface area contributed by atoms with E-state index in [0.717, 1.165) is 0 Å². The Morgan fingerprint density at radius 2 is 1.88 bits per heavy atom. The number of carbonyl (C=O) groups excluding carboxylic acids is 2. The standard InChI is InChI=1S/C10H19N3O4/c1-7(2)13(6-4-9(15)16)10(17)12-5-3-8(11)14/h7H,3-6H2,1-2H3,(H2,11,14)(H,12,17)(H,15,16). The number of nitrogens with two attached hydrogens (primary N) is 1. The highest BCUT2D eigenvalue weighted by Gasteiger charge is 2.17. The minimum Gasteiger partial charge on any atom is -0.481 e. The third kappa shape index (κ3) is 7.15. The van der Waals surface area contributed by atoms with Crippen LogP contribution < -0.4 is 11.1 Å². The van der Waals surface area contributed by atoms with E-state index in [1.165, 1.54) is 4.90 Å². The van der Waals surface area contributed by atoms with Crippen molar-refractivity contribution in [3.63, 3.8) is 0 Å². The first-order valence-corrected chi connectivity index (χ1v) is 5.39. The second-order valence-electron chi connectivity index (χ2n) is 3.88. The summed E-state index contributed by atoms with van der Waals surface area (Å²) in [7, 11) is 0. The molecule has 7 heteroatoms. The highest BCUT2D eigenvalue weighted by molar-refractivity contribution is 5.77. The molecule has 0 aromatic heterocycles. The number of nitrogens with one attached hydrogen (secondary N) is 1. The number of carbonyl (C=O) groups is 3. The Labute approximate surface area is 100.0 Å². The molecule has 0 bridgehead atoms. The average molecular weight is 245 g/mol. The molecule has 0 fully saturated rings. The zero-order valence-electron chi connectivity index (χ0n) is 10.1. The smallest absolute Gasteiger partial charge is 0.317 e. The van der Waals surface area contributed by atoms with Crippen molar-refractivity contribution in [2.45, 2.75) is 32.7 Å². The Morgan fingerprint density at radius 3 is 2.29 bits per heavy atom. The van der Waals surface area contributed by atoms with Crippen molar-refractivity contribution in [1.82, 2.24) is 10.2 Å². The van der Waals surface area contributed by atoms with Gasteiger partial charge in [-0.15, -0.1) is 0 Å². The summed E-state index contributed by atoms with van der Waals surface area (Å²) >= 11 is 0. The molecule has 0 spiro atoms. The van der Waals surface area contributed by atoms with Crippen LogP contribution in [-0.4, -0.2) is 47.0 Å². The maximum Gasteiger partial charge on any atom is 0.317 e. The number of primary amides is 1. The van der Waals surface area contributed by atoms with Gasteiger partial charge in [0.05, 0.1) is 6.42 Å². The maximum absolute atomic E-state index is 11.6. The molecule has 0 atom stereocenters. The number of urea groups is 1. The zero-order chi connectivity index (χ0) is 13.4. The molecule has 0 aromatic carbocycles. The number of nitrogens with zero attached hydrogens (tertiary/aromatic N) is 1. The predicted molar refractivity (Wildman–Crippen MR) is 61.3 cm³/mol. The fourth-order valence-electron chi connectivity index (χ4n) is 1.20. The summed E-state index contributed by atoms with van der Waals surface area (Å²) in [5, 5.41) is 11.1. The number of hydrogen-bond donors (Lipinski definition) is 3. The number of hydrogen-bond acceptors (Lipinski definition) is 3. The van der Waals surface area contributed by atoms with Crippen LogP contribution in [0.15, 0.2) is 0 Å². The van der Waals surface area contributed by atoms with Crippen molar-refractivity contribution in [2.75, 3.05) is 13.1 Å². The van der Waals surface area contributed by atoms with Crippen molar-refractivity contribution >= 4 is 17.9 Å². The zero-order valence-corrected chi connectivity index (χ0v) is 10.1. The monoisotopic (exact) mass is 245 g/mol. The predicted octanol–water partition coefficient (Wildman–Crippen LogP) is -0.243. The summed E-state index contributed by atoms with van der Waals surface area (Å²) in [5.41, 5.74) is 4.93. The summed E-state index contributed by atoms with van der Waals surface area (Å²) in [6.45, 7) is 3.87. The Kier molecular flexibility index (Phi) is 6.69. The normalized spacial score (nSPS) is 10.1. The third-order valence-electron chi connectivity index (χ3n) is 2.10. The lowest BCUT2D eigenvalue weighted by Crippen LogP contribution is -2.45. The van der Waals surface area contributed by atoms with Gasteiger partial charge in [-0.3, -0.25) is 9.59 Å². The van der Waals surface area contributed by atoms with Crippen molar-refractivity contribution < 1.29 is 19.5 Å². The third-order valence-corrected chi connectivity index (χ3v) is 2.10. The van der Waals surface area contributed by atoms with Crippen LogP contribution in [0, 0.1) is 0 Å². The SMILES string of the molecule is CC(C)N(CCC(=O)O)C(=O)NCCC(N)=O. The molecule has 0 aliphatic carbocycles. The Balaban J connectivity index is 4.15. The van der Waals surface area contributed by atoms with Gasteiger partial charge in [0.2, 0.25) is 5.91 Å². The molecule has 17 heavy (non-hydrogen) atoms. The number of rotatable bonds is 7. The van der Waals surface area contributed by atoms with E-state index in [0.29, 0.717) is 0 Å². The number of carboxylic acids is 1. The minimum atomic E-state index is -0.958. The number of carboxylic acid groups (broad SMARTS) is 1. The first-order valence-electron chi connectivity index (χ1n) is 5.39. The van der Waals surface area contributed by atoms with E-state index in [-0.39, 0.29) is 38.0 Å². The molecule has 7 nitrogen and oxygen atoms in total. The van der Waals surface area contributed by atoms with E-state index in [1.807, 2.05) is 0 Å². The summed E-state index contributed by atoms with van der Waals surface area (Å²) in [6, 6.07) is -0.495. The van der Waals surface area contributed by atoms with Crippen molar-refractivity contribution in [3.8, 4) is 0 Å². The van der Waals surface area contributed by atoms with Crippen LogP contribution in [0.4, 0.5) is 4.79 Å². The van der Waals surface area contributed by atoms with Gasteiger partial charge in [0.15, 0.2) is 0 Å². The van der Waals surface area contributed by atoms with Crippen LogP contribution >= 0.6 is 0 Å². The first kappa shape index (κ1) is 15.2. The van der Waals surface area contributed by atoms with E-state index in [1.54, 1.807) is 13.8 Å². The second-order valence-corrected chi connectivity index (χ2v) is 3.88. The van der Waals surface area contributed by atoms with E-state index < -0.39 is 11.9 Å². The molecular weight excluding hydrogens is 226 g/mol. The maximum atomic E-state index is 11.6. The van der Waals surface area contributed by atoms with Crippen LogP contribution in [0.3, 0.4) is 0 Å². The molecule has 0 heterocycles. The van der Waals surface area contributed by atoms with Gasteiger partial charge >= 0.3 is 12.0 Å². The van der Waals surface area contributed by atoms with Crippen LogP contribution in [0.1, 0.15) is 26.7 Å². The highest BCUT2D eigenvalue weighted by Crippen LogP contribution is 2.00. The van der Waals surface area contributed by atoms with Gasteiger partial charge in [0.25, 0.3) is 0 Å². The summed E-state index contributed by atoms with van der Waals surface area (Å²) in [4.78, 5) is 34.0. The molecule has 0 saturated heterocycles. The largest absolute Gasteiger partial charge is 0.481 e. The molecular formula is C10H19N3O4. The quantitative estimate of drug-likeness (QED) is 0.574. The van der Waals surface area contributed by atoms with Crippen LogP contribution in [0.25, 0.3) is 0 Å². The van der Waals surface area contributed by atoms with E-state index >= 15 is 0 Å². The molecule has 0 rings (SSSR count). The Bertz CT molecular complexity index is 291. The van der Waals surface area contributed by atoms with Gasteiger partial charge in [0, 0.05) is 25.6 Å². The summed E-state index contributed by atoms with van der Waals surface area (Å²) < 4.78 is 0. The van der Waals surface area contributed by atoms with Crippen LogP contribution in [0.5, 0.6) is 0 Å². The lowest BCUT2D eigenvalue weighted by atomic mass is 10.3. The molecule has 0 aliphatic rings. The Morgan fingerprint density at radius 1 is 1.29 bits per heavy atom. The van der Waals surface area contributed by atoms with Gasteiger partial charge in [-0.25, -0.2) is 4.79 Å². The molecule has 0 radical (unpaired) electrons. The molecule has 0 aliphatic heterocycles. The lowest BCUT2D eigenvalue weighted by Gasteiger charge is -2.26. The highest BCUT2D eigenvalue weighted by atomic mass is 16.4. The van der Waals surface area contributed by atoms with Crippen molar-refractivity contribution in [1.29, 1.82) is 0 Å². The van der Waals surface area contributed by atoms with Crippen LogP contribution in [-0.2, 0) is 9.59 Å². The average Bonchev–Trinajstić information content (AvgIpc) is 2.16. The first-order chi connectivity index (χ1) is 7.84. The molecule has 98 valence electrons. The van der Waals surface area contributed by atoms with Gasteiger partial charge in [-0.1, -0.05) is 0 Å². The van der Waals surface area contributed by atoms with E-state index in [4.69, 9.17) is 10.8 Å². The molecule has 3 amide bonds. The minimum absolute atomic E-state index is 0.0661. The van der Waals surface area contributed by atoms with Crippen LogP contribution in [0.2, 0.25) is 0 Å². The lowest BCUT2D eigenvalue weighted by molar-refractivity contribution is -0.137. The summed E-state index contributed by atoms with van der Waals surface area (Å²) in [5.74, 6) is -1.45.